The lowest BCUT2D eigenvalue weighted by atomic mass is 9.99. The standard InChI is InChI=1S/C16H26FN/c1-3-4-5-6-7-8-12-16(18-2)14-10-9-11-15(17)13-14/h9-11,13,16,18H,3-8,12H2,1-2H3. The third-order valence-electron chi connectivity index (χ3n) is 3.45. The summed E-state index contributed by atoms with van der Waals surface area (Å²) in [6.07, 6.45) is 8.90. The number of halogens is 1. The summed E-state index contributed by atoms with van der Waals surface area (Å²) in [5, 5.41) is 3.28. The molecule has 102 valence electrons. The Balaban J connectivity index is 2.29. The van der Waals surface area contributed by atoms with Gasteiger partial charge in [0.1, 0.15) is 5.82 Å². The van der Waals surface area contributed by atoms with Gasteiger partial charge in [-0.25, -0.2) is 4.39 Å². The minimum Gasteiger partial charge on any atom is -0.313 e. The molecule has 0 aliphatic carbocycles. The molecule has 1 aromatic carbocycles. The molecule has 0 spiro atoms. The molecule has 1 rings (SSSR count). The van der Waals surface area contributed by atoms with Crippen LogP contribution in [0.3, 0.4) is 0 Å². The Kier molecular flexibility index (Phi) is 7.66. The molecular weight excluding hydrogens is 225 g/mol. The molecule has 1 unspecified atom stereocenters. The highest BCUT2D eigenvalue weighted by molar-refractivity contribution is 5.19. The topological polar surface area (TPSA) is 12.0 Å². The molecule has 0 heterocycles. The molecule has 0 aliphatic rings. The summed E-state index contributed by atoms with van der Waals surface area (Å²) in [7, 11) is 1.95. The zero-order valence-electron chi connectivity index (χ0n) is 11.7. The van der Waals surface area contributed by atoms with Crippen molar-refractivity contribution in [3.8, 4) is 0 Å². The maximum absolute atomic E-state index is 13.2. The molecule has 0 aliphatic heterocycles. The van der Waals surface area contributed by atoms with Crippen LogP contribution in [-0.2, 0) is 0 Å². The van der Waals surface area contributed by atoms with Gasteiger partial charge in [0.05, 0.1) is 0 Å². The fraction of sp³-hybridized carbons (Fsp3) is 0.625. The van der Waals surface area contributed by atoms with Crippen LogP contribution in [-0.4, -0.2) is 7.05 Å². The third-order valence-corrected chi connectivity index (χ3v) is 3.45. The average molecular weight is 251 g/mol. The molecule has 1 N–H and O–H groups in total. The number of rotatable bonds is 9. The van der Waals surface area contributed by atoms with E-state index in [0.717, 1.165) is 12.0 Å². The van der Waals surface area contributed by atoms with Gasteiger partial charge >= 0.3 is 0 Å². The Hall–Kier alpha value is -0.890. The van der Waals surface area contributed by atoms with Gasteiger partial charge in [-0.15, -0.1) is 0 Å². The first kappa shape index (κ1) is 15.2. The number of nitrogens with one attached hydrogen (secondary N) is 1. The van der Waals surface area contributed by atoms with Gasteiger partial charge in [0.2, 0.25) is 0 Å². The quantitative estimate of drug-likeness (QED) is 0.619. The Morgan fingerprint density at radius 2 is 1.83 bits per heavy atom. The molecule has 0 fully saturated rings. The van der Waals surface area contributed by atoms with Crippen molar-refractivity contribution in [2.75, 3.05) is 7.05 Å². The van der Waals surface area contributed by atoms with Crippen molar-refractivity contribution in [3.63, 3.8) is 0 Å². The highest BCUT2D eigenvalue weighted by Gasteiger charge is 2.09. The molecule has 1 aromatic rings. The molecule has 1 nitrogen and oxygen atoms in total. The van der Waals surface area contributed by atoms with Crippen molar-refractivity contribution in [2.24, 2.45) is 0 Å². The Morgan fingerprint density at radius 3 is 2.50 bits per heavy atom. The molecule has 2 heteroatoms. The second kappa shape index (κ2) is 9.09. The van der Waals surface area contributed by atoms with Gasteiger partial charge in [-0.05, 0) is 31.2 Å². The van der Waals surface area contributed by atoms with E-state index < -0.39 is 0 Å². The zero-order valence-corrected chi connectivity index (χ0v) is 11.7. The van der Waals surface area contributed by atoms with E-state index in [0.29, 0.717) is 0 Å². The summed E-state index contributed by atoms with van der Waals surface area (Å²) in [6.45, 7) is 2.24. The Labute approximate surface area is 111 Å². The Bertz CT molecular complexity index is 325. The van der Waals surface area contributed by atoms with E-state index >= 15 is 0 Å². The van der Waals surface area contributed by atoms with Gasteiger partial charge in [-0.1, -0.05) is 57.6 Å². The summed E-state index contributed by atoms with van der Waals surface area (Å²) in [4.78, 5) is 0. The van der Waals surface area contributed by atoms with Crippen molar-refractivity contribution < 1.29 is 4.39 Å². The monoisotopic (exact) mass is 251 g/mol. The smallest absolute Gasteiger partial charge is 0.123 e. The number of benzene rings is 1. The summed E-state index contributed by atoms with van der Waals surface area (Å²) < 4.78 is 13.2. The van der Waals surface area contributed by atoms with E-state index in [2.05, 4.69) is 12.2 Å². The summed E-state index contributed by atoms with van der Waals surface area (Å²) in [5.74, 6) is -0.143. The van der Waals surface area contributed by atoms with Crippen LogP contribution in [0.5, 0.6) is 0 Å². The normalized spacial score (nSPS) is 12.6. The summed E-state index contributed by atoms with van der Waals surface area (Å²) in [6, 6.07) is 7.21. The fourth-order valence-electron chi connectivity index (χ4n) is 2.33. The lowest BCUT2D eigenvalue weighted by Crippen LogP contribution is -2.16. The first-order valence-corrected chi connectivity index (χ1v) is 7.20. The minimum absolute atomic E-state index is 0.143. The molecule has 0 aromatic heterocycles. The first-order valence-electron chi connectivity index (χ1n) is 7.20. The molecule has 0 saturated carbocycles. The van der Waals surface area contributed by atoms with Gasteiger partial charge in [-0.3, -0.25) is 0 Å². The van der Waals surface area contributed by atoms with E-state index in [9.17, 15) is 4.39 Å². The van der Waals surface area contributed by atoms with Crippen molar-refractivity contribution in [3.05, 3.63) is 35.6 Å². The van der Waals surface area contributed by atoms with Crippen LogP contribution < -0.4 is 5.32 Å². The van der Waals surface area contributed by atoms with E-state index in [4.69, 9.17) is 0 Å². The summed E-state index contributed by atoms with van der Waals surface area (Å²) >= 11 is 0. The SMILES string of the molecule is CCCCCCCCC(NC)c1cccc(F)c1. The number of unbranched alkanes of at least 4 members (excludes halogenated alkanes) is 5. The predicted molar refractivity (Wildman–Crippen MR) is 76.2 cm³/mol. The van der Waals surface area contributed by atoms with E-state index in [1.54, 1.807) is 12.1 Å². The first-order chi connectivity index (χ1) is 8.77. The predicted octanol–water partition coefficient (Wildman–Crippen LogP) is 4.84. The largest absolute Gasteiger partial charge is 0.313 e. The van der Waals surface area contributed by atoms with Crippen molar-refractivity contribution >= 4 is 0 Å². The Morgan fingerprint density at radius 1 is 1.11 bits per heavy atom. The van der Waals surface area contributed by atoms with Crippen LogP contribution in [0, 0.1) is 5.82 Å². The number of hydrogen-bond donors (Lipinski definition) is 1. The molecule has 0 bridgehead atoms. The zero-order chi connectivity index (χ0) is 13.2. The second-order valence-corrected chi connectivity index (χ2v) is 4.95. The van der Waals surface area contributed by atoms with E-state index in [-0.39, 0.29) is 11.9 Å². The maximum atomic E-state index is 13.2. The average Bonchev–Trinajstić information content (AvgIpc) is 2.38. The van der Waals surface area contributed by atoms with Crippen molar-refractivity contribution in [2.45, 2.75) is 57.9 Å². The van der Waals surface area contributed by atoms with Crippen LogP contribution in [0.2, 0.25) is 0 Å². The fourth-order valence-corrected chi connectivity index (χ4v) is 2.33. The highest BCUT2D eigenvalue weighted by atomic mass is 19.1. The van der Waals surface area contributed by atoms with Crippen molar-refractivity contribution in [1.82, 2.24) is 5.32 Å². The second-order valence-electron chi connectivity index (χ2n) is 4.95. The van der Waals surface area contributed by atoms with Crippen molar-refractivity contribution in [1.29, 1.82) is 0 Å². The molecule has 1 atom stereocenters. The van der Waals surface area contributed by atoms with Crippen LogP contribution in [0.15, 0.2) is 24.3 Å². The van der Waals surface area contributed by atoms with Gasteiger partial charge < -0.3 is 5.32 Å². The summed E-state index contributed by atoms with van der Waals surface area (Å²) in [5.41, 5.74) is 1.06. The van der Waals surface area contributed by atoms with Crippen LogP contribution >= 0.6 is 0 Å². The molecule has 0 amide bonds. The maximum Gasteiger partial charge on any atom is 0.123 e. The van der Waals surface area contributed by atoms with Gasteiger partial charge in [-0.2, -0.15) is 0 Å². The third kappa shape index (κ3) is 5.63. The minimum atomic E-state index is -0.143. The lowest BCUT2D eigenvalue weighted by Gasteiger charge is -2.16. The number of hydrogen-bond acceptors (Lipinski definition) is 1. The lowest BCUT2D eigenvalue weighted by molar-refractivity contribution is 0.495. The van der Waals surface area contributed by atoms with Gasteiger partial charge in [0.15, 0.2) is 0 Å². The molecule has 0 radical (unpaired) electrons. The van der Waals surface area contributed by atoms with Crippen LogP contribution in [0.1, 0.15) is 63.5 Å². The van der Waals surface area contributed by atoms with E-state index in [1.807, 2.05) is 13.1 Å². The van der Waals surface area contributed by atoms with Crippen LogP contribution in [0.25, 0.3) is 0 Å². The van der Waals surface area contributed by atoms with Crippen LogP contribution in [0.4, 0.5) is 4.39 Å². The highest BCUT2D eigenvalue weighted by Crippen LogP contribution is 2.20. The van der Waals surface area contributed by atoms with Gasteiger partial charge in [0, 0.05) is 6.04 Å². The molecular formula is C16H26FN. The molecule has 18 heavy (non-hydrogen) atoms. The van der Waals surface area contributed by atoms with Gasteiger partial charge in [0.25, 0.3) is 0 Å². The van der Waals surface area contributed by atoms with E-state index in [1.165, 1.54) is 44.6 Å². The molecule has 0 saturated heterocycles.